The van der Waals surface area contributed by atoms with Gasteiger partial charge in [-0.1, -0.05) is 18.2 Å². The Balaban J connectivity index is 2.13. The molecule has 0 saturated heterocycles. The molecule has 0 radical (unpaired) electrons. The second kappa shape index (κ2) is 6.32. The van der Waals surface area contributed by atoms with Crippen molar-refractivity contribution >= 4 is 17.0 Å². The van der Waals surface area contributed by atoms with E-state index in [0.717, 1.165) is 5.69 Å². The lowest BCUT2D eigenvalue weighted by molar-refractivity contribution is 0.787. The van der Waals surface area contributed by atoms with Crippen LogP contribution in [0, 0.1) is 11.3 Å². The first kappa shape index (κ1) is 14.8. The first-order chi connectivity index (χ1) is 11.2. The summed E-state index contributed by atoms with van der Waals surface area (Å²) in [4.78, 5) is 21.5. The number of rotatable bonds is 5. The lowest BCUT2D eigenvalue weighted by Gasteiger charge is -2.19. The molecule has 116 valence electrons. The monoisotopic (exact) mass is 308 g/mol. The number of H-pyrrole nitrogens is 1. The number of anilines is 1. The molecule has 0 spiro atoms. The van der Waals surface area contributed by atoms with Gasteiger partial charge >= 0.3 is 0 Å². The highest BCUT2D eigenvalue weighted by Gasteiger charge is 2.14. The van der Waals surface area contributed by atoms with Crippen LogP contribution in [0.3, 0.4) is 0 Å². The Hall–Kier alpha value is -3.14. The normalized spacial score (nSPS) is 10.6. The van der Waals surface area contributed by atoms with Crippen LogP contribution in [0.15, 0.2) is 41.3 Å². The summed E-state index contributed by atoms with van der Waals surface area (Å²) < 4.78 is 1.65. The molecule has 0 saturated carbocycles. The lowest BCUT2D eigenvalue weighted by atomic mass is 10.3. The minimum Gasteiger partial charge on any atom is -0.342 e. The zero-order valence-electron chi connectivity index (χ0n) is 12.7. The Morgan fingerprint density at radius 2 is 2.13 bits per heavy atom. The lowest BCUT2D eigenvalue weighted by Crippen LogP contribution is -2.28. The molecule has 0 aliphatic rings. The molecule has 1 N–H and O–H groups in total. The number of nitriles is 1. The second-order valence-electron chi connectivity index (χ2n) is 5.01. The van der Waals surface area contributed by atoms with Crippen molar-refractivity contribution in [2.45, 2.75) is 13.3 Å². The van der Waals surface area contributed by atoms with E-state index in [1.807, 2.05) is 42.2 Å². The van der Waals surface area contributed by atoms with Gasteiger partial charge in [-0.2, -0.15) is 15.3 Å². The number of hydrogen-bond acceptors (Lipinski definition) is 5. The summed E-state index contributed by atoms with van der Waals surface area (Å²) in [7, 11) is 0. The van der Waals surface area contributed by atoms with Gasteiger partial charge in [-0.05, 0) is 19.1 Å². The maximum atomic E-state index is 12.3. The van der Waals surface area contributed by atoms with E-state index in [1.54, 1.807) is 4.68 Å². The van der Waals surface area contributed by atoms with Gasteiger partial charge in [-0.15, -0.1) is 0 Å². The van der Waals surface area contributed by atoms with Crippen LogP contribution >= 0.6 is 0 Å². The van der Waals surface area contributed by atoms with Crippen LogP contribution in [0.5, 0.6) is 0 Å². The van der Waals surface area contributed by atoms with Crippen molar-refractivity contribution in [3.8, 4) is 11.8 Å². The SMILES string of the molecule is CCN(CCC#N)c1nc2c(cnn2-c2ccccc2)c(=O)[nH]1. The van der Waals surface area contributed by atoms with Gasteiger partial charge in [0.25, 0.3) is 5.56 Å². The summed E-state index contributed by atoms with van der Waals surface area (Å²) >= 11 is 0. The first-order valence-corrected chi connectivity index (χ1v) is 7.40. The van der Waals surface area contributed by atoms with Gasteiger partial charge in [-0.25, -0.2) is 4.68 Å². The van der Waals surface area contributed by atoms with E-state index < -0.39 is 0 Å². The minimum atomic E-state index is -0.234. The molecule has 0 aliphatic carbocycles. The molecule has 0 atom stereocenters. The molecule has 7 heteroatoms. The number of para-hydroxylation sites is 1. The summed E-state index contributed by atoms with van der Waals surface area (Å²) in [6.07, 6.45) is 1.89. The Kier molecular flexibility index (Phi) is 4.06. The summed E-state index contributed by atoms with van der Waals surface area (Å²) in [6.45, 7) is 3.12. The first-order valence-electron chi connectivity index (χ1n) is 7.40. The van der Waals surface area contributed by atoms with Gasteiger partial charge in [0, 0.05) is 13.1 Å². The number of benzene rings is 1. The molecular weight excluding hydrogens is 292 g/mol. The van der Waals surface area contributed by atoms with E-state index in [2.05, 4.69) is 21.1 Å². The average molecular weight is 308 g/mol. The van der Waals surface area contributed by atoms with E-state index in [-0.39, 0.29) is 5.56 Å². The third-order valence-electron chi connectivity index (χ3n) is 3.60. The predicted molar refractivity (Wildman–Crippen MR) is 87.6 cm³/mol. The summed E-state index contributed by atoms with van der Waals surface area (Å²) in [5.41, 5.74) is 1.11. The highest BCUT2D eigenvalue weighted by atomic mass is 16.1. The molecule has 3 aromatic rings. The highest BCUT2D eigenvalue weighted by molar-refractivity contribution is 5.76. The maximum Gasteiger partial charge on any atom is 0.263 e. The second-order valence-corrected chi connectivity index (χ2v) is 5.01. The van der Waals surface area contributed by atoms with Gasteiger partial charge in [-0.3, -0.25) is 9.78 Å². The van der Waals surface area contributed by atoms with Gasteiger partial charge in [0.05, 0.1) is 24.4 Å². The zero-order chi connectivity index (χ0) is 16.2. The molecule has 2 aromatic heterocycles. The number of hydrogen-bond donors (Lipinski definition) is 1. The largest absolute Gasteiger partial charge is 0.342 e. The molecule has 1 aromatic carbocycles. The molecule has 0 bridgehead atoms. The molecule has 7 nitrogen and oxygen atoms in total. The third kappa shape index (κ3) is 2.79. The van der Waals surface area contributed by atoms with Crippen molar-refractivity contribution in [1.29, 1.82) is 5.26 Å². The van der Waals surface area contributed by atoms with Crippen LogP contribution in [0.2, 0.25) is 0 Å². The van der Waals surface area contributed by atoms with E-state index >= 15 is 0 Å². The van der Waals surface area contributed by atoms with Crippen LogP contribution in [-0.2, 0) is 0 Å². The Morgan fingerprint density at radius 1 is 1.35 bits per heavy atom. The Bertz CT molecular complexity index is 906. The maximum absolute atomic E-state index is 12.3. The summed E-state index contributed by atoms with van der Waals surface area (Å²) in [5, 5.41) is 13.5. The zero-order valence-corrected chi connectivity index (χ0v) is 12.7. The quantitative estimate of drug-likeness (QED) is 0.776. The smallest absolute Gasteiger partial charge is 0.263 e. The molecule has 3 rings (SSSR count). The van der Waals surface area contributed by atoms with Crippen molar-refractivity contribution in [1.82, 2.24) is 19.7 Å². The third-order valence-corrected chi connectivity index (χ3v) is 3.60. The predicted octanol–water partition coefficient (Wildman–Crippen LogP) is 1.85. The molecule has 23 heavy (non-hydrogen) atoms. The van der Waals surface area contributed by atoms with Crippen molar-refractivity contribution in [2.75, 3.05) is 18.0 Å². The molecule has 0 aliphatic heterocycles. The number of nitrogens with zero attached hydrogens (tertiary/aromatic N) is 5. The molecular formula is C16H16N6O. The highest BCUT2D eigenvalue weighted by Crippen LogP contribution is 2.16. The number of fused-ring (bicyclic) bond motifs is 1. The van der Waals surface area contributed by atoms with Crippen LogP contribution in [0.4, 0.5) is 5.95 Å². The van der Waals surface area contributed by atoms with Gasteiger partial charge in [0.2, 0.25) is 5.95 Å². The van der Waals surface area contributed by atoms with Crippen LogP contribution in [0.25, 0.3) is 16.7 Å². The summed E-state index contributed by atoms with van der Waals surface area (Å²) in [6, 6.07) is 11.6. The fourth-order valence-electron chi connectivity index (χ4n) is 2.41. The number of nitrogens with one attached hydrogen (secondary N) is 1. The standard InChI is InChI=1S/C16H16N6O/c1-2-21(10-6-9-17)16-19-14-13(15(23)20-16)11-18-22(14)12-7-4-3-5-8-12/h3-5,7-8,11H,2,6,10H2,1H3,(H,19,20,23). The fourth-order valence-corrected chi connectivity index (χ4v) is 2.41. The van der Waals surface area contributed by atoms with Crippen LogP contribution in [0.1, 0.15) is 13.3 Å². The molecule has 2 heterocycles. The van der Waals surface area contributed by atoms with Crippen molar-refractivity contribution in [3.05, 3.63) is 46.9 Å². The van der Waals surface area contributed by atoms with Crippen molar-refractivity contribution < 1.29 is 0 Å². The number of aromatic nitrogens is 4. The average Bonchev–Trinajstić information content (AvgIpc) is 3.01. The van der Waals surface area contributed by atoms with E-state index in [0.29, 0.717) is 36.5 Å². The van der Waals surface area contributed by atoms with Crippen LogP contribution in [-0.4, -0.2) is 32.8 Å². The minimum absolute atomic E-state index is 0.234. The van der Waals surface area contributed by atoms with Crippen molar-refractivity contribution in [3.63, 3.8) is 0 Å². The Labute approximate surface area is 132 Å². The van der Waals surface area contributed by atoms with Crippen LogP contribution < -0.4 is 10.5 Å². The summed E-state index contributed by atoms with van der Waals surface area (Å²) in [5.74, 6) is 0.456. The molecule has 0 fully saturated rings. The van der Waals surface area contributed by atoms with Gasteiger partial charge in [0.1, 0.15) is 5.39 Å². The van der Waals surface area contributed by atoms with E-state index in [9.17, 15) is 4.79 Å². The van der Waals surface area contributed by atoms with E-state index in [4.69, 9.17) is 5.26 Å². The Morgan fingerprint density at radius 3 is 2.83 bits per heavy atom. The molecule has 0 amide bonds. The number of aromatic amines is 1. The van der Waals surface area contributed by atoms with Gasteiger partial charge in [0.15, 0.2) is 5.65 Å². The fraction of sp³-hybridized carbons (Fsp3) is 0.250. The van der Waals surface area contributed by atoms with Gasteiger partial charge < -0.3 is 4.90 Å². The molecule has 0 unspecified atom stereocenters. The van der Waals surface area contributed by atoms with E-state index in [1.165, 1.54) is 6.20 Å². The topological polar surface area (TPSA) is 90.6 Å². The van der Waals surface area contributed by atoms with Crippen molar-refractivity contribution in [2.24, 2.45) is 0 Å².